The molecule has 2 fully saturated rings. The van der Waals surface area contributed by atoms with Crippen molar-refractivity contribution >= 4 is 10.0 Å². The van der Waals surface area contributed by atoms with E-state index in [1.807, 2.05) is 19.1 Å². The Bertz CT molecular complexity index is 609. The van der Waals surface area contributed by atoms with Crippen molar-refractivity contribution in [1.29, 1.82) is 0 Å². The first kappa shape index (κ1) is 16.9. The lowest BCUT2D eigenvalue weighted by Crippen LogP contribution is -2.55. The van der Waals surface area contributed by atoms with Crippen molar-refractivity contribution in [2.75, 3.05) is 26.3 Å². The molecular weight excluding hydrogens is 312 g/mol. The third kappa shape index (κ3) is 4.12. The van der Waals surface area contributed by atoms with E-state index in [4.69, 9.17) is 4.74 Å². The average molecular weight is 338 g/mol. The Labute approximate surface area is 139 Å². The Hall–Kier alpha value is -0.950. The Balaban J connectivity index is 1.74. The van der Waals surface area contributed by atoms with E-state index >= 15 is 0 Å². The van der Waals surface area contributed by atoms with Crippen LogP contribution in [0.3, 0.4) is 0 Å². The Kier molecular flexibility index (Phi) is 5.36. The van der Waals surface area contributed by atoms with Crippen LogP contribution in [-0.2, 0) is 14.8 Å². The third-order valence-corrected chi connectivity index (χ3v) is 6.39. The highest BCUT2D eigenvalue weighted by atomic mass is 32.2. The van der Waals surface area contributed by atoms with E-state index in [9.17, 15) is 8.42 Å². The fraction of sp³-hybridized carbons (Fsp3) is 0.647. The second kappa shape index (κ2) is 7.30. The largest absolute Gasteiger partial charge is 0.379 e. The molecule has 1 saturated carbocycles. The number of morpholine rings is 1. The summed E-state index contributed by atoms with van der Waals surface area (Å²) in [6.45, 7) is 5.24. The smallest absolute Gasteiger partial charge is 0.240 e. The van der Waals surface area contributed by atoms with E-state index in [1.54, 1.807) is 12.1 Å². The molecule has 1 heterocycles. The lowest BCUT2D eigenvalue weighted by atomic mass is 9.89. The minimum atomic E-state index is -3.46. The maximum absolute atomic E-state index is 12.7. The number of nitrogens with one attached hydrogen (secondary N) is 1. The highest BCUT2D eigenvalue weighted by Gasteiger charge is 2.33. The van der Waals surface area contributed by atoms with Gasteiger partial charge in [0.1, 0.15) is 0 Å². The number of hydrogen-bond donors (Lipinski definition) is 1. The van der Waals surface area contributed by atoms with Crippen molar-refractivity contribution in [3.8, 4) is 0 Å². The van der Waals surface area contributed by atoms with E-state index < -0.39 is 10.0 Å². The molecule has 1 N–H and O–H groups in total. The molecule has 0 unspecified atom stereocenters. The fourth-order valence-corrected chi connectivity index (χ4v) is 4.88. The van der Waals surface area contributed by atoms with Gasteiger partial charge in [0.15, 0.2) is 0 Å². The van der Waals surface area contributed by atoms with E-state index in [1.165, 1.54) is 6.42 Å². The van der Waals surface area contributed by atoms with Crippen molar-refractivity contribution in [1.82, 2.24) is 9.62 Å². The molecule has 6 heteroatoms. The average Bonchev–Trinajstić information content (AvgIpc) is 2.56. The van der Waals surface area contributed by atoms with Gasteiger partial charge in [0.25, 0.3) is 0 Å². The number of nitrogens with zero attached hydrogens (tertiary/aromatic N) is 1. The highest BCUT2D eigenvalue weighted by Crippen LogP contribution is 2.25. The van der Waals surface area contributed by atoms with Gasteiger partial charge in [-0.1, -0.05) is 30.5 Å². The van der Waals surface area contributed by atoms with E-state index in [0.717, 1.165) is 51.1 Å². The number of aryl methyl sites for hydroxylation is 1. The molecule has 1 aliphatic heterocycles. The number of hydrogen-bond acceptors (Lipinski definition) is 4. The van der Waals surface area contributed by atoms with Gasteiger partial charge in [-0.05, 0) is 31.9 Å². The van der Waals surface area contributed by atoms with Crippen molar-refractivity contribution in [3.63, 3.8) is 0 Å². The van der Waals surface area contributed by atoms with Crippen molar-refractivity contribution in [3.05, 3.63) is 29.8 Å². The maximum atomic E-state index is 12.7. The van der Waals surface area contributed by atoms with Gasteiger partial charge >= 0.3 is 0 Å². The molecule has 1 aromatic rings. The van der Waals surface area contributed by atoms with Crippen LogP contribution in [0, 0.1) is 6.92 Å². The fourth-order valence-electron chi connectivity index (χ4n) is 3.58. The van der Waals surface area contributed by atoms with Gasteiger partial charge in [0.2, 0.25) is 10.0 Å². The van der Waals surface area contributed by atoms with Crippen LogP contribution in [-0.4, -0.2) is 51.7 Å². The first-order valence-electron chi connectivity index (χ1n) is 8.47. The van der Waals surface area contributed by atoms with Crippen LogP contribution in [0.5, 0.6) is 0 Å². The molecule has 3 rings (SSSR count). The summed E-state index contributed by atoms with van der Waals surface area (Å²) in [6, 6.07) is 7.33. The molecule has 0 aromatic heterocycles. The minimum absolute atomic E-state index is 0.00634. The monoisotopic (exact) mass is 338 g/mol. The first-order chi connectivity index (χ1) is 11.1. The molecule has 0 amide bonds. The minimum Gasteiger partial charge on any atom is -0.379 e. The summed E-state index contributed by atoms with van der Waals surface area (Å²) in [5, 5.41) is 0. The molecule has 1 aromatic carbocycles. The lowest BCUT2D eigenvalue weighted by molar-refractivity contribution is 0.00211. The van der Waals surface area contributed by atoms with Crippen molar-refractivity contribution in [2.24, 2.45) is 0 Å². The van der Waals surface area contributed by atoms with E-state index in [2.05, 4.69) is 9.62 Å². The highest BCUT2D eigenvalue weighted by molar-refractivity contribution is 7.89. The van der Waals surface area contributed by atoms with E-state index in [0.29, 0.717) is 4.90 Å². The molecule has 23 heavy (non-hydrogen) atoms. The van der Waals surface area contributed by atoms with E-state index in [-0.39, 0.29) is 12.1 Å². The maximum Gasteiger partial charge on any atom is 0.240 e. The summed E-state index contributed by atoms with van der Waals surface area (Å²) in [6.07, 6.45) is 4.22. The summed E-state index contributed by atoms with van der Waals surface area (Å²) in [5.74, 6) is 0. The van der Waals surface area contributed by atoms with Crippen LogP contribution < -0.4 is 4.72 Å². The summed E-state index contributed by atoms with van der Waals surface area (Å²) < 4.78 is 33.8. The summed E-state index contributed by atoms with van der Waals surface area (Å²) in [5.41, 5.74) is 1.06. The zero-order valence-electron chi connectivity index (χ0n) is 13.7. The predicted octanol–water partition coefficient (Wildman–Crippen LogP) is 1.92. The molecule has 5 nitrogen and oxygen atoms in total. The van der Waals surface area contributed by atoms with Crippen LogP contribution in [0.15, 0.2) is 29.2 Å². The third-order valence-electron chi connectivity index (χ3n) is 4.88. The van der Waals surface area contributed by atoms with Gasteiger partial charge in [0.05, 0.1) is 18.1 Å². The van der Waals surface area contributed by atoms with Gasteiger partial charge in [0, 0.05) is 25.2 Å². The number of rotatable bonds is 4. The van der Waals surface area contributed by atoms with Crippen LogP contribution in [0.2, 0.25) is 0 Å². The van der Waals surface area contributed by atoms with Gasteiger partial charge in [-0.15, -0.1) is 0 Å². The number of benzene rings is 1. The Morgan fingerprint density at radius 1 is 1.09 bits per heavy atom. The number of ether oxygens (including phenoxy) is 1. The van der Waals surface area contributed by atoms with Gasteiger partial charge in [-0.2, -0.15) is 0 Å². The van der Waals surface area contributed by atoms with Crippen LogP contribution in [0.1, 0.15) is 31.2 Å². The second-order valence-electron chi connectivity index (χ2n) is 6.54. The Morgan fingerprint density at radius 3 is 2.43 bits per heavy atom. The molecule has 0 bridgehead atoms. The zero-order chi connectivity index (χ0) is 16.3. The van der Waals surface area contributed by atoms with Crippen molar-refractivity contribution in [2.45, 2.75) is 49.6 Å². The summed E-state index contributed by atoms with van der Waals surface area (Å²) >= 11 is 0. The predicted molar refractivity (Wildman–Crippen MR) is 89.9 cm³/mol. The first-order valence-corrected chi connectivity index (χ1v) is 9.95. The molecule has 1 saturated heterocycles. The molecule has 2 aliphatic rings. The SMILES string of the molecule is Cc1ccc(S(=O)(=O)N[C@H]2CCCC[C@@H]2N2CCOCC2)cc1. The van der Waals surface area contributed by atoms with Crippen LogP contribution in [0.4, 0.5) is 0 Å². The summed E-state index contributed by atoms with van der Waals surface area (Å²) in [4.78, 5) is 2.75. The zero-order valence-corrected chi connectivity index (χ0v) is 14.5. The number of sulfonamides is 1. The molecule has 0 spiro atoms. The van der Waals surface area contributed by atoms with Crippen LogP contribution >= 0.6 is 0 Å². The molecular formula is C17H26N2O3S. The van der Waals surface area contributed by atoms with Gasteiger partial charge < -0.3 is 4.74 Å². The quantitative estimate of drug-likeness (QED) is 0.911. The van der Waals surface area contributed by atoms with Gasteiger partial charge in [-0.25, -0.2) is 13.1 Å². The Morgan fingerprint density at radius 2 is 1.74 bits per heavy atom. The van der Waals surface area contributed by atoms with Gasteiger partial charge in [-0.3, -0.25) is 4.90 Å². The second-order valence-corrected chi connectivity index (χ2v) is 8.25. The van der Waals surface area contributed by atoms with Crippen LogP contribution in [0.25, 0.3) is 0 Å². The van der Waals surface area contributed by atoms with Crippen molar-refractivity contribution < 1.29 is 13.2 Å². The molecule has 0 radical (unpaired) electrons. The molecule has 128 valence electrons. The summed E-state index contributed by atoms with van der Waals surface area (Å²) in [7, 11) is -3.46. The topological polar surface area (TPSA) is 58.6 Å². The lowest BCUT2D eigenvalue weighted by Gasteiger charge is -2.41. The normalized spacial score (nSPS) is 27.0. The standard InChI is InChI=1S/C17H26N2O3S/c1-14-6-8-15(9-7-14)23(20,21)18-16-4-2-3-5-17(16)19-10-12-22-13-11-19/h6-9,16-18H,2-5,10-13H2,1H3/t16-,17-/m0/s1. The molecule has 1 aliphatic carbocycles. The molecule has 2 atom stereocenters.